The van der Waals surface area contributed by atoms with Crippen LogP contribution in [0.4, 0.5) is 0 Å². The summed E-state index contributed by atoms with van der Waals surface area (Å²) in [4.78, 5) is 11.6. The van der Waals surface area contributed by atoms with Crippen molar-refractivity contribution in [3.8, 4) is 0 Å². The van der Waals surface area contributed by atoms with Gasteiger partial charge in [0.2, 0.25) is 0 Å². The highest BCUT2D eigenvalue weighted by Crippen LogP contribution is 2.49. The van der Waals surface area contributed by atoms with Crippen molar-refractivity contribution in [3.63, 3.8) is 0 Å². The summed E-state index contributed by atoms with van der Waals surface area (Å²) in [7, 11) is 0. The number of carbonyl (C=O) groups excluding carboxylic acids is 1. The maximum Gasteiger partial charge on any atom is 0.309 e. The van der Waals surface area contributed by atoms with Gasteiger partial charge in [-0.25, -0.2) is 0 Å². The SMILES string of the molecule is CC1C2CC3CC(C2)C(=O)OC1C3. The van der Waals surface area contributed by atoms with E-state index in [0.717, 1.165) is 31.1 Å². The van der Waals surface area contributed by atoms with Gasteiger partial charge in [0.25, 0.3) is 0 Å². The molecule has 5 unspecified atom stereocenters. The summed E-state index contributed by atoms with van der Waals surface area (Å²) in [6.45, 7) is 2.26. The number of rotatable bonds is 0. The van der Waals surface area contributed by atoms with Gasteiger partial charge < -0.3 is 4.74 Å². The minimum atomic E-state index is 0.0987. The van der Waals surface area contributed by atoms with Gasteiger partial charge in [-0.3, -0.25) is 4.79 Å². The summed E-state index contributed by atoms with van der Waals surface area (Å²) < 4.78 is 5.51. The minimum Gasteiger partial charge on any atom is -0.462 e. The Bertz CT molecular complexity index is 248. The molecule has 13 heavy (non-hydrogen) atoms. The predicted molar refractivity (Wildman–Crippen MR) is 48.0 cm³/mol. The first-order chi connectivity index (χ1) is 6.24. The van der Waals surface area contributed by atoms with Crippen molar-refractivity contribution < 1.29 is 9.53 Å². The molecule has 5 atom stereocenters. The van der Waals surface area contributed by atoms with Gasteiger partial charge in [0, 0.05) is 0 Å². The van der Waals surface area contributed by atoms with Crippen LogP contribution >= 0.6 is 0 Å². The van der Waals surface area contributed by atoms with Crippen LogP contribution in [0.25, 0.3) is 0 Å². The minimum absolute atomic E-state index is 0.0987. The lowest BCUT2D eigenvalue weighted by Gasteiger charge is -2.40. The van der Waals surface area contributed by atoms with Crippen LogP contribution in [0.1, 0.15) is 32.6 Å². The molecule has 0 spiro atoms. The Hall–Kier alpha value is -0.530. The second kappa shape index (κ2) is 2.49. The van der Waals surface area contributed by atoms with E-state index in [-0.39, 0.29) is 18.0 Å². The highest BCUT2D eigenvalue weighted by Gasteiger charge is 2.48. The molecule has 2 aliphatic heterocycles. The first kappa shape index (κ1) is 7.84. The Labute approximate surface area is 78.6 Å². The van der Waals surface area contributed by atoms with Gasteiger partial charge in [-0.1, -0.05) is 6.92 Å². The van der Waals surface area contributed by atoms with Crippen LogP contribution in [0.5, 0.6) is 0 Å². The van der Waals surface area contributed by atoms with Gasteiger partial charge in [-0.05, 0) is 43.4 Å². The normalized spacial score (nSPS) is 53.3. The number of fused-ring (bicyclic) bond motifs is 1. The molecule has 72 valence electrons. The molecule has 2 heteroatoms. The average molecular weight is 180 g/mol. The van der Waals surface area contributed by atoms with Crippen molar-refractivity contribution in [2.75, 3.05) is 0 Å². The van der Waals surface area contributed by atoms with Crippen LogP contribution in [-0.2, 0) is 9.53 Å². The molecule has 0 radical (unpaired) electrons. The van der Waals surface area contributed by atoms with Gasteiger partial charge >= 0.3 is 5.97 Å². The summed E-state index contributed by atoms with van der Waals surface area (Å²) in [6.07, 6.45) is 4.96. The quantitative estimate of drug-likeness (QED) is 0.533. The predicted octanol–water partition coefficient (Wildman–Crippen LogP) is 1.98. The molecule has 4 bridgehead atoms. The molecule has 2 heterocycles. The van der Waals surface area contributed by atoms with Gasteiger partial charge in [-0.15, -0.1) is 0 Å². The van der Waals surface area contributed by atoms with Crippen LogP contribution in [-0.4, -0.2) is 12.1 Å². The molecular formula is C11H16O2. The molecule has 0 N–H and O–H groups in total. The van der Waals surface area contributed by atoms with E-state index in [4.69, 9.17) is 4.74 Å². The summed E-state index contributed by atoms with van der Waals surface area (Å²) in [5.74, 6) is 2.52. The summed E-state index contributed by atoms with van der Waals surface area (Å²) in [5, 5.41) is 0. The lowest BCUT2D eigenvalue weighted by molar-refractivity contribution is -0.152. The van der Waals surface area contributed by atoms with Gasteiger partial charge in [-0.2, -0.15) is 0 Å². The van der Waals surface area contributed by atoms with E-state index in [0.29, 0.717) is 5.92 Å². The molecule has 0 amide bonds. The Morgan fingerprint density at radius 1 is 1.23 bits per heavy atom. The fraction of sp³-hybridized carbons (Fsp3) is 0.909. The zero-order chi connectivity index (χ0) is 9.00. The first-order valence-corrected chi connectivity index (χ1v) is 5.44. The number of hydrogen-bond donors (Lipinski definition) is 0. The van der Waals surface area contributed by atoms with E-state index in [2.05, 4.69) is 6.92 Å². The molecule has 2 aliphatic carbocycles. The Kier molecular flexibility index (Phi) is 1.50. The lowest BCUT2D eigenvalue weighted by atomic mass is 9.64. The zero-order valence-corrected chi connectivity index (χ0v) is 8.03. The monoisotopic (exact) mass is 180 g/mol. The fourth-order valence-corrected chi connectivity index (χ4v) is 3.55. The smallest absolute Gasteiger partial charge is 0.309 e. The average Bonchev–Trinajstić information content (AvgIpc) is 2.26. The molecule has 4 fully saturated rings. The zero-order valence-electron chi connectivity index (χ0n) is 8.03. The largest absolute Gasteiger partial charge is 0.462 e. The van der Waals surface area contributed by atoms with Crippen LogP contribution in [0.15, 0.2) is 0 Å². The third-order valence-electron chi connectivity index (χ3n) is 4.34. The van der Waals surface area contributed by atoms with E-state index in [1.54, 1.807) is 0 Å². The maximum absolute atomic E-state index is 11.6. The van der Waals surface area contributed by atoms with Crippen molar-refractivity contribution in [1.82, 2.24) is 0 Å². The third-order valence-corrected chi connectivity index (χ3v) is 4.34. The molecule has 0 aromatic carbocycles. The van der Waals surface area contributed by atoms with Gasteiger partial charge in [0.1, 0.15) is 6.10 Å². The standard InChI is InChI=1S/C11H16O2/c1-6-8-2-7-3-9(5-8)11(12)13-10(6)4-7/h6-10H,2-5H2,1H3. The molecule has 2 nitrogen and oxygen atoms in total. The van der Waals surface area contributed by atoms with E-state index in [1.165, 1.54) is 6.42 Å². The highest BCUT2D eigenvalue weighted by molar-refractivity contribution is 5.73. The lowest BCUT2D eigenvalue weighted by Crippen LogP contribution is -2.36. The summed E-state index contributed by atoms with van der Waals surface area (Å²) in [5.41, 5.74) is 0. The second-order valence-electron chi connectivity index (χ2n) is 5.10. The number of hydrogen-bond acceptors (Lipinski definition) is 2. The number of esters is 1. The fourth-order valence-electron chi connectivity index (χ4n) is 3.55. The molecular weight excluding hydrogens is 164 g/mol. The van der Waals surface area contributed by atoms with Crippen LogP contribution in [0, 0.1) is 23.7 Å². The molecule has 0 aromatic heterocycles. The molecule has 4 aliphatic rings. The highest BCUT2D eigenvalue weighted by atomic mass is 16.5. The van der Waals surface area contributed by atoms with Crippen molar-refractivity contribution in [2.45, 2.75) is 38.7 Å². The topological polar surface area (TPSA) is 26.3 Å². The molecule has 2 saturated carbocycles. The number of carbonyl (C=O) groups is 1. The van der Waals surface area contributed by atoms with E-state index >= 15 is 0 Å². The third kappa shape index (κ3) is 1.04. The number of ether oxygens (including phenoxy) is 1. The molecule has 2 saturated heterocycles. The summed E-state index contributed by atoms with van der Waals surface area (Å²) >= 11 is 0. The Balaban J connectivity index is 1.98. The first-order valence-electron chi connectivity index (χ1n) is 5.44. The summed E-state index contributed by atoms with van der Waals surface area (Å²) in [6, 6.07) is 0. The van der Waals surface area contributed by atoms with Crippen molar-refractivity contribution in [2.24, 2.45) is 23.7 Å². The van der Waals surface area contributed by atoms with Crippen molar-refractivity contribution >= 4 is 5.97 Å². The second-order valence-corrected chi connectivity index (χ2v) is 5.10. The Morgan fingerprint density at radius 2 is 2.08 bits per heavy atom. The van der Waals surface area contributed by atoms with Crippen LogP contribution < -0.4 is 0 Å². The molecule has 4 rings (SSSR count). The van der Waals surface area contributed by atoms with Gasteiger partial charge in [0.15, 0.2) is 0 Å². The van der Waals surface area contributed by atoms with Gasteiger partial charge in [0.05, 0.1) is 5.92 Å². The van der Waals surface area contributed by atoms with Crippen LogP contribution in [0.2, 0.25) is 0 Å². The van der Waals surface area contributed by atoms with E-state index in [9.17, 15) is 4.79 Å². The maximum atomic E-state index is 11.6. The van der Waals surface area contributed by atoms with Crippen LogP contribution in [0.3, 0.4) is 0 Å². The van der Waals surface area contributed by atoms with Crippen molar-refractivity contribution in [1.29, 1.82) is 0 Å². The van der Waals surface area contributed by atoms with E-state index in [1.807, 2.05) is 0 Å². The Morgan fingerprint density at radius 3 is 2.92 bits per heavy atom. The van der Waals surface area contributed by atoms with Crippen molar-refractivity contribution in [3.05, 3.63) is 0 Å². The van der Waals surface area contributed by atoms with E-state index < -0.39 is 0 Å². The molecule has 0 aromatic rings.